The molecule has 1 saturated carbocycles. The standard InChI is InChI=1S/C22H26N4O3/c1-14-12-24-21(17-4-5-17)26(14)11-10-23-22(27)18-6-8-19(9-7-18)28-13-20-15(2)25-29-16(20)3/h6-9,12,17H,4-5,10-11,13H2,1-3H3,(H,23,27). The Morgan fingerprint density at radius 2 is 2.00 bits per heavy atom. The van der Waals surface area contributed by atoms with Crippen molar-refractivity contribution < 1.29 is 14.1 Å². The van der Waals surface area contributed by atoms with Gasteiger partial charge in [-0.05, 0) is 57.9 Å². The van der Waals surface area contributed by atoms with Crippen LogP contribution in [0.15, 0.2) is 35.0 Å². The Balaban J connectivity index is 1.29. The number of nitrogens with zero attached hydrogens (tertiary/aromatic N) is 3. The van der Waals surface area contributed by atoms with Crippen LogP contribution < -0.4 is 10.1 Å². The SMILES string of the molecule is Cc1noc(C)c1COc1ccc(C(=O)NCCn2c(C)cnc2C2CC2)cc1. The summed E-state index contributed by atoms with van der Waals surface area (Å²) >= 11 is 0. The molecular weight excluding hydrogens is 368 g/mol. The van der Waals surface area contributed by atoms with Gasteiger partial charge in [-0.3, -0.25) is 4.79 Å². The second kappa shape index (κ2) is 8.11. The molecule has 29 heavy (non-hydrogen) atoms. The highest BCUT2D eigenvalue weighted by Crippen LogP contribution is 2.39. The fraction of sp³-hybridized carbons (Fsp3) is 0.409. The molecule has 3 aromatic rings. The fourth-order valence-corrected chi connectivity index (χ4v) is 3.39. The first-order chi connectivity index (χ1) is 14.0. The summed E-state index contributed by atoms with van der Waals surface area (Å²) in [5.74, 6) is 3.11. The largest absolute Gasteiger partial charge is 0.489 e. The first kappa shape index (κ1) is 19.2. The quantitative estimate of drug-likeness (QED) is 0.630. The van der Waals surface area contributed by atoms with Crippen LogP contribution in [0.1, 0.15) is 57.7 Å². The van der Waals surface area contributed by atoms with Crippen molar-refractivity contribution in [3.05, 3.63) is 64.6 Å². The van der Waals surface area contributed by atoms with Gasteiger partial charge < -0.3 is 19.1 Å². The zero-order valence-corrected chi connectivity index (χ0v) is 17.1. The average molecular weight is 394 g/mol. The molecule has 4 rings (SSSR count). The van der Waals surface area contributed by atoms with Crippen LogP contribution in [0.3, 0.4) is 0 Å². The average Bonchev–Trinajstić information content (AvgIpc) is 3.43. The first-order valence-corrected chi connectivity index (χ1v) is 9.97. The second-order valence-corrected chi connectivity index (χ2v) is 7.56. The minimum Gasteiger partial charge on any atom is -0.489 e. The van der Waals surface area contributed by atoms with Gasteiger partial charge in [0.15, 0.2) is 0 Å². The number of carbonyl (C=O) groups is 1. The van der Waals surface area contributed by atoms with Crippen molar-refractivity contribution in [2.45, 2.75) is 52.7 Å². The van der Waals surface area contributed by atoms with Crippen LogP contribution in [-0.2, 0) is 13.2 Å². The Hall–Kier alpha value is -3.09. The number of nitrogens with one attached hydrogen (secondary N) is 1. The van der Waals surface area contributed by atoms with E-state index >= 15 is 0 Å². The minimum absolute atomic E-state index is 0.0898. The van der Waals surface area contributed by atoms with Gasteiger partial charge in [0.2, 0.25) is 0 Å². The topological polar surface area (TPSA) is 82.2 Å². The van der Waals surface area contributed by atoms with E-state index in [-0.39, 0.29) is 5.91 Å². The molecule has 0 saturated heterocycles. The van der Waals surface area contributed by atoms with Crippen LogP contribution >= 0.6 is 0 Å². The van der Waals surface area contributed by atoms with Crippen molar-refractivity contribution in [3.8, 4) is 5.75 Å². The van der Waals surface area contributed by atoms with Crippen LogP contribution in [0.25, 0.3) is 0 Å². The van der Waals surface area contributed by atoms with E-state index in [1.54, 1.807) is 24.3 Å². The van der Waals surface area contributed by atoms with E-state index in [1.807, 2.05) is 20.0 Å². The molecule has 1 N–H and O–H groups in total. The molecule has 7 heteroatoms. The first-order valence-electron chi connectivity index (χ1n) is 9.97. The third-order valence-electron chi connectivity index (χ3n) is 5.33. The predicted octanol–water partition coefficient (Wildman–Crippen LogP) is 3.68. The minimum atomic E-state index is -0.0898. The van der Waals surface area contributed by atoms with Gasteiger partial charge in [-0.1, -0.05) is 5.16 Å². The number of hydrogen-bond donors (Lipinski definition) is 1. The Bertz CT molecular complexity index is 980. The molecule has 2 aromatic heterocycles. The maximum absolute atomic E-state index is 12.4. The Morgan fingerprint density at radius 3 is 2.66 bits per heavy atom. The molecule has 0 aliphatic heterocycles. The molecule has 0 spiro atoms. The lowest BCUT2D eigenvalue weighted by molar-refractivity contribution is 0.0952. The zero-order chi connectivity index (χ0) is 20.4. The maximum atomic E-state index is 12.4. The lowest BCUT2D eigenvalue weighted by atomic mass is 10.2. The van der Waals surface area contributed by atoms with Gasteiger partial charge in [0.05, 0.1) is 11.3 Å². The number of hydrogen-bond acceptors (Lipinski definition) is 5. The Kier molecular flexibility index (Phi) is 5.38. The summed E-state index contributed by atoms with van der Waals surface area (Å²) in [5.41, 5.74) is 3.53. The number of carbonyl (C=O) groups excluding carboxylic acids is 1. The molecule has 0 radical (unpaired) electrons. The summed E-state index contributed by atoms with van der Waals surface area (Å²) in [6.45, 7) is 7.51. The molecule has 0 unspecified atom stereocenters. The number of imidazole rings is 1. The van der Waals surface area contributed by atoms with Crippen LogP contribution in [0.4, 0.5) is 0 Å². The lowest BCUT2D eigenvalue weighted by Crippen LogP contribution is -2.27. The molecular formula is C22H26N4O3. The van der Waals surface area contributed by atoms with E-state index in [1.165, 1.54) is 12.8 Å². The molecule has 152 valence electrons. The number of amides is 1. The van der Waals surface area contributed by atoms with Gasteiger partial charge in [-0.15, -0.1) is 0 Å². The molecule has 1 aromatic carbocycles. The number of rotatable bonds is 8. The highest BCUT2D eigenvalue weighted by molar-refractivity contribution is 5.94. The van der Waals surface area contributed by atoms with E-state index in [0.29, 0.717) is 30.4 Å². The fourth-order valence-electron chi connectivity index (χ4n) is 3.39. The van der Waals surface area contributed by atoms with Gasteiger partial charge in [-0.25, -0.2) is 4.98 Å². The second-order valence-electron chi connectivity index (χ2n) is 7.56. The third-order valence-corrected chi connectivity index (χ3v) is 5.33. The van der Waals surface area contributed by atoms with E-state index < -0.39 is 0 Å². The number of aryl methyl sites for hydroxylation is 3. The summed E-state index contributed by atoms with van der Waals surface area (Å²) in [4.78, 5) is 17.0. The number of ether oxygens (including phenoxy) is 1. The van der Waals surface area contributed by atoms with Crippen molar-refractivity contribution in [2.24, 2.45) is 0 Å². The highest BCUT2D eigenvalue weighted by Gasteiger charge is 2.28. The van der Waals surface area contributed by atoms with E-state index in [9.17, 15) is 4.79 Å². The van der Waals surface area contributed by atoms with Crippen LogP contribution in [0.5, 0.6) is 5.75 Å². The molecule has 1 aliphatic carbocycles. The zero-order valence-electron chi connectivity index (χ0n) is 17.1. The third kappa shape index (κ3) is 4.34. The molecule has 2 heterocycles. The summed E-state index contributed by atoms with van der Waals surface area (Å²) in [6, 6.07) is 7.16. The number of benzene rings is 1. The van der Waals surface area contributed by atoms with E-state index in [2.05, 4.69) is 26.9 Å². The van der Waals surface area contributed by atoms with Crippen molar-refractivity contribution in [1.29, 1.82) is 0 Å². The summed E-state index contributed by atoms with van der Waals surface area (Å²) in [6.07, 6.45) is 4.34. The van der Waals surface area contributed by atoms with Crippen molar-refractivity contribution in [1.82, 2.24) is 20.0 Å². The summed E-state index contributed by atoms with van der Waals surface area (Å²) in [5, 5.41) is 6.91. The van der Waals surface area contributed by atoms with Crippen molar-refractivity contribution >= 4 is 5.91 Å². The lowest BCUT2D eigenvalue weighted by Gasteiger charge is -2.11. The van der Waals surface area contributed by atoms with Crippen LogP contribution in [0.2, 0.25) is 0 Å². The van der Waals surface area contributed by atoms with Gasteiger partial charge >= 0.3 is 0 Å². The molecule has 0 atom stereocenters. The maximum Gasteiger partial charge on any atom is 0.251 e. The van der Waals surface area contributed by atoms with Crippen LogP contribution in [0, 0.1) is 20.8 Å². The van der Waals surface area contributed by atoms with Gasteiger partial charge in [-0.2, -0.15) is 0 Å². The van der Waals surface area contributed by atoms with E-state index in [4.69, 9.17) is 9.26 Å². The van der Waals surface area contributed by atoms with Crippen molar-refractivity contribution in [2.75, 3.05) is 6.54 Å². The highest BCUT2D eigenvalue weighted by atomic mass is 16.5. The Labute approximate surface area is 170 Å². The summed E-state index contributed by atoms with van der Waals surface area (Å²) < 4.78 is 13.1. The van der Waals surface area contributed by atoms with Gasteiger partial charge in [0.1, 0.15) is 23.9 Å². The molecule has 0 bridgehead atoms. The van der Waals surface area contributed by atoms with Crippen molar-refractivity contribution in [3.63, 3.8) is 0 Å². The van der Waals surface area contributed by atoms with E-state index in [0.717, 1.165) is 35.1 Å². The molecule has 7 nitrogen and oxygen atoms in total. The summed E-state index contributed by atoms with van der Waals surface area (Å²) in [7, 11) is 0. The predicted molar refractivity (Wildman–Crippen MR) is 108 cm³/mol. The number of aromatic nitrogens is 3. The normalized spacial score (nSPS) is 13.5. The molecule has 1 aliphatic rings. The van der Waals surface area contributed by atoms with Gasteiger partial charge in [0.25, 0.3) is 5.91 Å². The molecule has 1 fully saturated rings. The Morgan fingerprint density at radius 1 is 1.24 bits per heavy atom. The monoisotopic (exact) mass is 394 g/mol. The molecule has 1 amide bonds. The van der Waals surface area contributed by atoms with Gasteiger partial charge in [0, 0.05) is 36.5 Å². The smallest absolute Gasteiger partial charge is 0.251 e. The van der Waals surface area contributed by atoms with Crippen LogP contribution in [-0.4, -0.2) is 27.2 Å².